The third-order valence-corrected chi connectivity index (χ3v) is 4.87. The Morgan fingerprint density at radius 2 is 1.44 bits per heavy atom. The van der Waals surface area contributed by atoms with Crippen molar-refractivity contribution in [1.82, 2.24) is 0 Å². The van der Waals surface area contributed by atoms with Crippen LogP contribution in [-0.4, -0.2) is 12.3 Å². The molecule has 0 radical (unpaired) electrons. The highest BCUT2D eigenvalue weighted by Gasteiger charge is 2.13. The minimum atomic E-state index is 0.695. The molecule has 1 aliphatic heterocycles. The monoisotopic (exact) mass is 393 g/mol. The molecule has 0 saturated carbocycles. The van der Waals surface area contributed by atoms with Gasteiger partial charge < -0.3 is 4.74 Å². The maximum Gasteiger partial charge on any atom is 0.127 e. The van der Waals surface area contributed by atoms with E-state index in [0.29, 0.717) is 5.02 Å². The second kappa shape index (κ2) is 7.99. The Labute approximate surface area is 168 Å². The predicted molar refractivity (Wildman–Crippen MR) is 114 cm³/mol. The van der Waals surface area contributed by atoms with Crippen LogP contribution in [0.4, 0.5) is 0 Å². The SMILES string of the molecule is Clc1ccc(/C=C/C2=NCCc3cc(Oc4ccc(Cl)cc4)ccc32)cc1. The molecule has 0 saturated heterocycles. The van der Waals surface area contributed by atoms with E-state index in [4.69, 9.17) is 27.9 Å². The molecule has 3 aromatic carbocycles. The Balaban J connectivity index is 1.54. The number of nitrogens with zero attached hydrogens (tertiary/aromatic N) is 1. The van der Waals surface area contributed by atoms with Crippen LogP contribution < -0.4 is 4.74 Å². The second-order valence-electron chi connectivity index (χ2n) is 6.28. The van der Waals surface area contributed by atoms with E-state index in [1.807, 2.05) is 54.6 Å². The van der Waals surface area contributed by atoms with Gasteiger partial charge in [-0.15, -0.1) is 0 Å². The van der Waals surface area contributed by atoms with Gasteiger partial charge in [-0.05, 0) is 78.2 Å². The fourth-order valence-electron chi connectivity index (χ4n) is 3.00. The van der Waals surface area contributed by atoms with Crippen molar-refractivity contribution in [2.45, 2.75) is 6.42 Å². The number of benzene rings is 3. The van der Waals surface area contributed by atoms with E-state index in [9.17, 15) is 0 Å². The van der Waals surface area contributed by atoms with Crippen LogP contribution in [0.1, 0.15) is 16.7 Å². The first-order valence-corrected chi connectivity index (χ1v) is 9.48. The van der Waals surface area contributed by atoms with Crippen LogP contribution >= 0.6 is 23.2 Å². The van der Waals surface area contributed by atoms with Crippen LogP contribution in [0.5, 0.6) is 11.5 Å². The quantitative estimate of drug-likeness (QED) is 0.475. The molecule has 0 bridgehead atoms. The molecule has 0 fully saturated rings. The molecule has 4 heteroatoms. The largest absolute Gasteiger partial charge is 0.457 e. The standard InChI is InChI=1S/C23H17Cl2NO/c24-18-4-1-16(2-5-18)3-12-23-22-11-10-21(15-17(22)13-14-26-23)27-20-8-6-19(25)7-9-20/h1-12,15H,13-14H2/b12-3+. The van der Waals surface area contributed by atoms with Gasteiger partial charge in [-0.1, -0.05) is 41.4 Å². The number of rotatable bonds is 4. The van der Waals surface area contributed by atoms with Crippen LogP contribution in [0.25, 0.3) is 6.08 Å². The lowest BCUT2D eigenvalue weighted by Gasteiger charge is -2.16. The van der Waals surface area contributed by atoms with Gasteiger partial charge in [-0.2, -0.15) is 0 Å². The zero-order valence-corrected chi connectivity index (χ0v) is 16.0. The molecule has 134 valence electrons. The van der Waals surface area contributed by atoms with Crippen LogP contribution in [-0.2, 0) is 6.42 Å². The van der Waals surface area contributed by atoms with Crippen molar-refractivity contribution in [1.29, 1.82) is 0 Å². The van der Waals surface area contributed by atoms with Crippen molar-refractivity contribution < 1.29 is 4.74 Å². The number of aliphatic imine (C=N–C) groups is 1. The van der Waals surface area contributed by atoms with Crippen LogP contribution in [0.3, 0.4) is 0 Å². The van der Waals surface area contributed by atoms with Crippen molar-refractivity contribution in [2.75, 3.05) is 6.54 Å². The van der Waals surface area contributed by atoms with Crippen LogP contribution in [0, 0.1) is 0 Å². The average molecular weight is 394 g/mol. The van der Waals surface area contributed by atoms with E-state index < -0.39 is 0 Å². The van der Waals surface area contributed by atoms with E-state index in [-0.39, 0.29) is 0 Å². The Bertz CT molecular complexity index is 1010. The molecule has 0 amide bonds. The summed E-state index contributed by atoms with van der Waals surface area (Å²) in [4.78, 5) is 4.68. The molecule has 0 N–H and O–H groups in total. The first-order valence-electron chi connectivity index (χ1n) is 8.72. The summed E-state index contributed by atoms with van der Waals surface area (Å²) in [6.45, 7) is 0.775. The minimum Gasteiger partial charge on any atom is -0.457 e. The fourth-order valence-corrected chi connectivity index (χ4v) is 3.25. The Kier molecular flexibility index (Phi) is 5.28. The summed E-state index contributed by atoms with van der Waals surface area (Å²) >= 11 is 11.9. The maximum atomic E-state index is 5.95. The highest BCUT2D eigenvalue weighted by atomic mass is 35.5. The number of fused-ring (bicyclic) bond motifs is 1. The van der Waals surface area contributed by atoms with Gasteiger partial charge in [-0.3, -0.25) is 4.99 Å². The van der Waals surface area contributed by atoms with Gasteiger partial charge in [0.05, 0.1) is 5.71 Å². The van der Waals surface area contributed by atoms with E-state index in [1.54, 1.807) is 0 Å². The summed E-state index contributed by atoms with van der Waals surface area (Å²) in [5.41, 5.74) is 4.48. The third-order valence-electron chi connectivity index (χ3n) is 4.37. The van der Waals surface area contributed by atoms with Crippen molar-refractivity contribution in [2.24, 2.45) is 4.99 Å². The summed E-state index contributed by atoms with van der Waals surface area (Å²) in [6, 6.07) is 21.3. The third kappa shape index (κ3) is 4.41. The van der Waals surface area contributed by atoms with Gasteiger partial charge in [0.25, 0.3) is 0 Å². The number of hydrogen-bond donors (Lipinski definition) is 0. The van der Waals surface area contributed by atoms with E-state index >= 15 is 0 Å². The molecule has 0 atom stereocenters. The van der Waals surface area contributed by atoms with Gasteiger partial charge >= 0.3 is 0 Å². The number of ether oxygens (including phenoxy) is 1. The fraction of sp³-hybridized carbons (Fsp3) is 0.0870. The second-order valence-corrected chi connectivity index (χ2v) is 7.15. The lowest BCUT2D eigenvalue weighted by atomic mass is 9.96. The van der Waals surface area contributed by atoms with E-state index in [0.717, 1.165) is 46.3 Å². The first kappa shape index (κ1) is 17.8. The molecule has 1 aliphatic rings. The molecule has 0 aromatic heterocycles. The molecule has 1 heterocycles. The number of hydrogen-bond acceptors (Lipinski definition) is 2. The average Bonchev–Trinajstić information content (AvgIpc) is 2.69. The predicted octanol–water partition coefficient (Wildman–Crippen LogP) is 6.84. The van der Waals surface area contributed by atoms with Crippen LogP contribution in [0.2, 0.25) is 10.0 Å². The van der Waals surface area contributed by atoms with Gasteiger partial charge in [0.1, 0.15) is 11.5 Å². The molecule has 0 aliphatic carbocycles. The summed E-state index contributed by atoms with van der Waals surface area (Å²) < 4.78 is 5.95. The normalized spacial score (nSPS) is 13.3. The van der Waals surface area contributed by atoms with Crippen molar-refractivity contribution in [3.05, 3.63) is 99.5 Å². The van der Waals surface area contributed by atoms with Crippen LogP contribution in [0.15, 0.2) is 77.8 Å². The van der Waals surface area contributed by atoms with E-state index in [1.165, 1.54) is 5.56 Å². The molecule has 4 rings (SSSR count). The maximum absolute atomic E-state index is 5.95. The molecule has 0 unspecified atom stereocenters. The summed E-state index contributed by atoms with van der Waals surface area (Å²) in [5.74, 6) is 1.59. The Morgan fingerprint density at radius 1 is 0.778 bits per heavy atom. The van der Waals surface area contributed by atoms with E-state index in [2.05, 4.69) is 29.3 Å². The highest BCUT2D eigenvalue weighted by molar-refractivity contribution is 6.30. The smallest absolute Gasteiger partial charge is 0.127 e. The zero-order chi connectivity index (χ0) is 18.6. The molecular formula is C23H17Cl2NO. The van der Waals surface area contributed by atoms with Gasteiger partial charge in [0.2, 0.25) is 0 Å². The zero-order valence-electron chi connectivity index (χ0n) is 14.5. The van der Waals surface area contributed by atoms with Gasteiger partial charge in [0, 0.05) is 22.2 Å². The summed E-state index contributed by atoms with van der Waals surface area (Å²) in [5, 5.41) is 1.43. The van der Waals surface area contributed by atoms with Gasteiger partial charge in [-0.25, -0.2) is 0 Å². The molecular weight excluding hydrogens is 377 g/mol. The van der Waals surface area contributed by atoms with Crippen molar-refractivity contribution in [3.8, 4) is 11.5 Å². The number of halogens is 2. The molecule has 3 aromatic rings. The van der Waals surface area contributed by atoms with Crippen molar-refractivity contribution >= 4 is 35.0 Å². The Morgan fingerprint density at radius 3 is 2.19 bits per heavy atom. The number of allylic oxidation sites excluding steroid dienone is 1. The molecule has 2 nitrogen and oxygen atoms in total. The Hall–Kier alpha value is -2.55. The summed E-state index contributed by atoms with van der Waals surface area (Å²) in [7, 11) is 0. The molecule has 27 heavy (non-hydrogen) atoms. The molecule has 0 spiro atoms. The van der Waals surface area contributed by atoms with Gasteiger partial charge in [0.15, 0.2) is 0 Å². The topological polar surface area (TPSA) is 21.6 Å². The first-order chi connectivity index (χ1) is 13.2. The highest BCUT2D eigenvalue weighted by Crippen LogP contribution is 2.27. The minimum absolute atomic E-state index is 0.695. The lowest BCUT2D eigenvalue weighted by molar-refractivity contribution is 0.482. The lowest BCUT2D eigenvalue weighted by Crippen LogP contribution is -2.10. The van der Waals surface area contributed by atoms with Crippen molar-refractivity contribution in [3.63, 3.8) is 0 Å². The summed E-state index contributed by atoms with van der Waals surface area (Å²) in [6.07, 6.45) is 5.02.